The molecule has 3 aromatic rings. The van der Waals surface area contributed by atoms with Crippen LogP contribution >= 0.6 is 18.9 Å². The summed E-state index contributed by atoms with van der Waals surface area (Å²) in [5.74, 6) is 0. The number of hydrogen-bond donors (Lipinski definition) is 0. The van der Waals surface area contributed by atoms with Crippen LogP contribution in [0.25, 0.3) is 20.8 Å². The summed E-state index contributed by atoms with van der Waals surface area (Å²) < 4.78 is 25.2. The summed E-state index contributed by atoms with van der Waals surface area (Å²) in [5, 5.41) is 0.991. The Balaban J connectivity index is 1.76. The Morgan fingerprint density at radius 1 is 0.962 bits per heavy atom. The third kappa shape index (κ3) is 4.80. The lowest BCUT2D eigenvalue weighted by atomic mass is 10.2. The van der Waals surface area contributed by atoms with Crippen molar-refractivity contribution in [2.45, 2.75) is 32.9 Å². The minimum atomic E-state index is -3.10. The molecule has 0 aliphatic rings. The van der Waals surface area contributed by atoms with Crippen LogP contribution in [0.5, 0.6) is 0 Å². The van der Waals surface area contributed by atoms with Crippen molar-refractivity contribution < 1.29 is 13.6 Å². The molecule has 1 aromatic heterocycles. The number of fused-ring (bicyclic) bond motifs is 1. The van der Waals surface area contributed by atoms with Crippen LogP contribution in [-0.4, -0.2) is 18.2 Å². The van der Waals surface area contributed by atoms with Gasteiger partial charge in [0.15, 0.2) is 0 Å². The van der Waals surface area contributed by atoms with Gasteiger partial charge < -0.3 is 9.05 Å². The maximum absolute atomic E-state index is 12.9. The van der Waals surface area contributed by atoms with Gasteiger partial charge in [-0.15, -0.1) is 11.3 Å². The van der Waals surface area contributed by atoms with Crippen LogP contribution in [0, 0.1) is 0 Å². The molecule has 1 heterocycles. The highest BCUT2D eigenvalue weighted by Crippen LogP contribution is 2.51. The Bertz CT molecular complexity index is 846. The van der Waals surface area contributed by atoms with Gasteiger partial charge >= 0.3 is 7.60 Å². The van der Waals surface area contributed by atoms with Crippen LogP contribution < -0.4 is 0 Å². The zero-order valence-electron chi connectivity index (χ0n) is 15.2. The standard InChI is InChI=1S/C20H24NO3PS/c1-3-13-23-25(22,24-14-4-2)15-16-9-11-17(12-10-16)20-21-18-7-5-6-8-19(18)26-20/h5-12H,3-4,13-15H2,1-2H3. The van der Waals surface area contributed by atoms with Gasteiger partial charge in [-0.1, -0.05) is 50.2 Å². The number of hydrogen-bond acceptors (Lipinski definition) is 5. The molecule has 0 aliphatic carbocycles. The predicted octanol–water partition coefficient (Wildman–Crippen LogP) is 6.51. The minimum Gasteiger partial charge on any atom is -0.308 e. The Labute approximate surface area is 158 Å². The normalized spacial score (nSPS) is 11.9. The van der Waals surface area contributed by atoms with E-state index in [0.717, 1.165) is 34.5 Å². The highest BCUT2D eigenvalue weighted by atomic mass is 32.1. The molecule has 4 nitrogen and oxygen atoms in total. The van der Waals surface area contributed by atoms with Crippen molar-refractivity contribution in [3.8, 4) is 10.6 Å². The summed E-state index contributed by atoms with van der Waals surface area (Å²) in [7, 11) is -3.10. The number of aromatic nitrogens is 1. The van der Waals surface area contributed by atoms with Crippen molar-refractivity contribution in [1.82, 2.24) is 4.98 Å². The Hall–Kier alpha value is -1.52. The van der Waals surface area contributed by atoms with Gasteiger partial charge in [-0.2, -0.15) is 0 Å². The van der Waals surface area contributed by atoms with E-state index in [1.165, 1.54) is 4.70 Å². The summed E-state index contributed by atoms with van der Waals surface area (Å²) in [5.41, 5.74) is 3.03. The number of rotatable bonds is 9. The molecule has 2 aromatic carbocycles. The van der Waals surface area contributed by atoms with Crippen LogP contribution in [0.4, 0.5) is 0 Å². The smallest absolute Gasteiger partial charge is 0.308 e. The van der Waals surface area contributed by atoms with E-state index in [-0.39, 0.29) is 0 Å². The summed E-state index contributed by atoms with van der Waals surface area (Å²) in [4.78, 5) is 4.68. The summed E-state index contributed by atoms with van der Waals surface area (Å²) in [6, 6.07) is 16.1. The second kappa shape index (κ2) is 8.92. The molecular weight excluding hydrogens is 365 g/mol. The Morgan fingerprint density at radius 2 is 1.62 bits per heavy atom. The van der Waals surface area contributed by atoms with E-state index in [0.29, 0.717) is 19.4 Å². The van der Waals surface area contributed by atoms with Crippen LogP contribution in [0.15, 0.2) is 48.5 Å². The first kappa shape index (κ1) is 19.2. The minimum absolute atomic E-state index is 0.299. The van der Waals surface area contributed by atoms with E-state index in [1.54, 1.807) is 11.3 Å². The fourth-order valence-corrected chi connectivity index (χ4v) is 5.37. The monoisotopic (exact) mass is 389 g/mol. The highest BCUT2D eigenvalue weighted by Gasteiger charge is 2.24. The second-order valence-corrected chi connectivity index (χ2v) is 9.20. The van der Waals surface area contributed by atoms with Gasteiger partial charge in [-0.05, 0) is 30.5 Å². The molecule has 6 heteroatoms. The van der Waals surface area contributed by atoms with Gasteiger partial charge in [-0.25, -0.2) is 4.98 Å². The molecule has 0 fully saturated rings. The van der Waals surface area contributed by atoms with Gasteiger partial charge in [0.25, 0.3) is 0 Å². The molecule has 0 bridgehead atoms. The molecule has 26 heavy (non-hydrogen) atoms. The summed E-state index contributed by atoms with van der Waals surface area (Å²) in [6.07, 6.45) is 1.93. The molecule has 138 valence electrons. The third-order valence-electron chi connectivity index (χ3n) is 3.86. The lowest BCUT2D eigenvalue weighted by Crippen LogP contribution is -2.01. The summed E-state index contributed by atoms with van der Waals surface area (Å²) >= 11 is 1.68. The van der Waals surface area contributed by atoms with Crippen LogP contribution in [0.3, 0.4) is 0 Å². The van der Waals surface area contributed by atoms with Gasteiger partial charge in [-0.3, -0.25) is 4.57 Å². The fraction of sp³-hybridized carbons (Fsp3) is 0.350. The van der Waals surface area contributed by atoms with Crippen molar-refractivity contribution >= 4 is 29.1 Å². The molecule has 3 rings (SSSR count). The van der Waals surface area contributed by atoms with E-state index in [9.17, 15) is 4.57 Å². The zero-order valence-corrected chi connectivity index (χ0v) is 16.9. The van der Waals surface area contributed by atoms with Crippen LogP contribution in [0.2, 0.25) is 0 Å². The van der Waals surface area contributed by atoms with Gasteiger partial charge in [0.1, 0.15) is 5.01 Å². The second-order valence-electron chi connectivity index (χ2n) is 6.12. The molecule has 0 N–H and O–H groups in total. The molecule has 0 saturated heterocycles. The quantitative estimate of drug-likeness (QED) is 0.391. The first-order valence-electron chi connectivity index (χ1n) is 8.96. The topological polar surface area (TPSA) is 48.4 Å². The molecule has 0 amide bonds. The van der Waals surface area contributed by atoms with Crippen LogP contribution in [-0.2, 0) is 19.8 Å². The number of para-hydroxylation sites is 1. The van der Waals surface area contributed by atoms with E-state index < -0.39 is 7.60 Å². The lowest BCUT2D eigenvalue weighted by Gasteiger charge is -2.18. The average Bonchev–Trinajstić information content (AvgIpc) is 3.10. The predicted molar refractivity (Wildman–Crippen MR) is 109 cm³/mol. The maximum atomic E-state index is 12.9. The van der Waals surface area contributed by atoms with E-state index in [1.807, 2.05) is 56.3 Å². The molecule has 0 aliphatic heterocycles. The van der Waals surface area contributed by atoms with Gasteiger partial charge in [0, 0.05) is 5.56 Å². The van der Waals surface area contributed by atoms with Crippen LogP contribution in [0.1, 0.15) is 32.3 Å². The summed E-state index contributed by atoms with van der Waals surface area (Å²) in [6.45, 7) is 4.89. The van der Waals surface area contributed by atoms with E-state index >= 15 is 0 Å². The van der Waals surface area contributed by atoms with Crippen molar-refractivity contribution in [3.63, 3.8) is 0 Å². The number of benzene rings is 2. The number of thiazole rings is 1. The first-order valence-corrected chi connectivity index (χ1v) is 11.5. The molecular formula is C20H24NO3PS. The highest BCUT2D eigenvalue weighted by molar-refractivity contribution is 7.53. The molecule has 0 saturated carbocycles. The third-order valence-corrected chi connectivity index (χ3v) is 6.85. The van der Waals surface area contributed by atoms with E-state index in [2.05, 4.69) is 11.1 Å². The van der Waals surface area contributed by atoms with Gasteiger partial charge in [0.05, 0.1) is 29.6 Å². The zero-order chi connectivity index (χ0) is 18.4. The fourth-order valence-electron chi connectivity index (χ4n) is 2.56. The van der Waals surface area contributed by atoms with Crippen molar-refractivity contribution in [1.29, 1.82) is 0 Å². The maximum Gasteiger partial charge on any atom is 0.335 e. The molecule has 0 radical (unpaired) electrons. The first-order chi connectivity index (χ1) is 12.6. The van der Waals surface area contributed by atoms with Crippen molar-refractivity contribution in [3.05, 3.63) is 54.1 Å². The SMILES string of the molecule is CCCOP(=O)(Cc1ccc(-c2nc3ccccc3s2)cc1)OCCC. The number of nitrogens with zero attached hydrogens (tertiary/aromatic N) is 1. The van der Waals surface area contributed by atoms with Crippen molar-refractivity contribution in [2.75, 3.05) is 13.2 Å². The van der Waals surface area contributed by atoms with Crippen molar-refractivity contribution in [2.24, 2.45) is 0 Å². The average molecular weight is 389 g/mol. The Kier molecular flexibility index (Phi) is 6.60. The van der Waals surface area contributed by atoms with E-state index in [4.69, 9.17) is 9.05 Å². The Morgan fingerprint density at radius 3 is 2.23 bits per heavy atom. The van der Waals surface area contributed by atoms with Gasteiger partial charge in [0.2, 0.25) is 0 Å². The molecule has 0 spiro atoms. The largest absolute Gasteiger partial charge is 0.335 e. The molecule has 0 unspecified atom stereocenters. The lowest BCUT2D eigenvalue weighted by molar-refractivity contribution is 0.203. The molecule has 0 atom stereocenters.